The number of hydrogen-bond donors (Lipinski definition) is 0. The summed E-state index contributed by atoms with van der Waals surface area (Å²) in [6.45, 7) is 7.07. The van der Waals surface area contributed by atoms with Crippen LogP contribution in [0.3, 0.4) is 0 Å². The van der Waals surface area contributed by atoms with Gasteiger partial charge in [0.2, 0.25) is 0 Å². The number of halogens is 3. The van der Waals surface area contributed by atoms with E-state index in [0.29, 0.717) is 0 Å². The SMILES string of the molecule is CCC1=Cc2c(-c3ccc(Cl)cc3)cccc2[CH]1[Zr]([Cl])([Cl])([CH]1c2ccccc2-c2ccccc21)[SiH](C)C. The maximum absolute atomic E-state index is 8.40. The van der Waals surface area contributed by atoms with Crippen LogP contribution in [0.15, 0.2) is 96.6 Å². The van der Waals surface area contributed by atoms with Crippen molar-refractivity contribution in [2.75, 3.05) is 0 Å². The fourth-order valence-corrected chi connectivity index (χ4v) is 38.0. The molecule has 6 rings (SSSR count). The number of fused-ring (bicyclic) bond motifs is 4. The van der Waals surface area contributed by atoms with Crippen molar-refractivity contribution >= 4 is 40.6 Å². The maximum atomic E-state index is 8.40. The van der Waals surface area contributed by atoms with Crippen molar-refractivity contribution in [3.05, 3.63) is 124 Å². The van der Waals surface area contributed by atoms with Gasteiger partial charge in [-0.3, -0.25) is 0 Å². The van der Waals surface area contributed by atoms with Crippen LogP contribution >= 0.6 is 28.6 Å². The van der Waals surface area contributed by atoms with Gasteiger partial charge in [-0.1, -0.05) is 0 Å². The topological polar surface area (TPSA) is 0 Å². The first-order valence-electron chi connectivity index (χ1n) is 13.1. The fourth-order valence-electron chi connectivity index (χ4n) is 6.89. The monoisotopic (exact) mass is 637 g/mol. The minimum absolute atomic E-state index is 0.0916. The van der Waals surface area contributed by atoms with Gasteiger partial charge >= 0.3 is 236 Å². The molecule has 37 heavy (non-hydrogen) atoms. The molecule has 187 valence electrons. The first kappa shape index (κ1) is 25.8. The van der Waals surface area contributed by atoms with E-state index < -0.39 is 21.5 Å². The van der Waals surface area contributed by atoms with E-state index in [9.17, 15) is 0 Å². The van der Waals surface area contributed by atoms with E-state index in [1.54, 1.807) is 0 Å². The molecule has 0 amide bonds. The van der Waals surface area contributed by atoms with E-state index >= 15 is 0 Å². The third kappa shape index (κ3) is 3.78. The second-order valence-corrected chi connectivity index (χ2v) is 53.8. The molecule has 0 fully saturated rings. The van der Waals surface area contributed by atoms with Crippen molar-refractivity contribution < 1.29 is 15.6 Å². The number of allylic oxidation sites excluding steroid dienone is 1. The summed E-state index contributed by atoms with van der Waals surface area (Å²) in [4.78, 5) is 0. The molecular formula is C32H30Cl3SiZr. The van der Waals surface area contributed by atoms with Gasteiger partial charge in [0.15, 0.2) is 0 Å². The van der Waals surface area contributed by atoms with Gasteiger partial charge in [0.25, 0.3) is 0 Å². The zero-order valence-electron chi connectivity index (χ0n) is 21.3. The molecule has 2 aliphatic rings. The Morgan fingerprint density at radius 3 is 1.78 bits per heavy atom. The molecule has 0 nitrogen and oxygen atoms in total. The predicted octanol–water partition coefficient (Wildman–Crippen LogP) is 10.6. The summed E-state index contributed by atoms with van der Waals surface area (Å²) in [5, 5.41) is 0.749. The van der Waals surface area contributed by atoms with E-state index in [4.69, 9.17) is 28.6 Å². The Kier molecular flexibility index (Phi) is 6.53. The third-order valence-electron chi connectivity index (χ3n) is 8.75. The molecule has 1 unspecified atom stereocenters. The van der Waals surface area contributed by atoms with Crippen LogP contribution in [0, 0.1) is 0 Å². The first-order chi connectivity index (χ1) is 17.7. The zero-order valence-corrected chi connectivity index (χ0v) is 27.2. The van der Waals surface area contributed by atoms with E-state index in [1.165, 1.54) is 50.1 Å². The molecule has 4 aromatic carbocycles. The molecule has 0 radical (unpaired) electrons. The van der Waals surface area contributed by atoms with Gasteiger partial charge < -0.3 is 0 Å². The van der Waals surface area contributed by atoms with Crippen LogP contribution in [0.2, 0.25) is 18.1 Å². The van der Waals surface area contributed by atoms with E-state index in [2.05, 4.69) is 105 Å². The molecule has 0 aliphatic heterocycles. The average Bonchev–Trinajstić information content (AvgIpc) is 3.46. The Hall–Kier alpha value is -1.41. The molecule has 0 N–H and O–H groups in total. The van der Waals surface area contributed by atoms with E-state index in [-0.39, 0.29) is 7.25 Å². The molecule has 4 aromatic rings. The second-order valence-electron chi connectivity index (χ2n) is 10.8. The van der Waals surface area contributed by atoms with Crippen molar-refractivity contribution in [1.82, 2.24) is 0 Å². The summed E-state index contributed by atoms with van der Waals surface area (Å²) in [5.74, 6) is -1.56. The Balaban J connectivity index is 1.62. The normalized spacial score (nSPS) is 17.6. The second kappa shape index (κ2) is 9.35. The van der Waals surface area contributed by atoms with Gasteiger partial charge in [-0.25, -0.2) is 0 Å². The predicted molar refractivity (Wildman–Crippen MR) is 162 cm³/mol. The minimum atomic E-state index is -4.69. The summed E-state index contributed by atoms with van der Waals surface area (Å²) < 4.78 is 0.196. The van der Waals surface area contributed by atoms with Crippen LogP contribution < -0.4 is 0 Å². The Morgan fingerprint density at radius 1 is 0.676 bits per heavy atom. The van der Waals surface area contributed by atoms with Gasteiger partial charge in [0, 0.05) is 0 Å². The van der Waals surface area contributed by atoms with Crippen LogP contribution in [0.25, 0.3) is 28.3 Å². The van der Waals surface area contributed by atoms with Gasteiger partial charge in [-0.05, 0) is 0 Å². The van der Waals surface area contributed by atoms with Crippen molar-refractivity contribution in [2.45, 2.75) is 33.7 Å². The molecule has 0 aromatic heterocycles. The number of hydrogen-bond acceptors (Lipinski definition) is 0. The molecule has 2 aliphatic carbocycles. The number of rotatable bonds is 5. The van der Waals surface area contributed by atoms with Gasteiger partial charge in [0.1, 0.15) is 0 Å². The molecule has 5 heteroatoms. The van der Waals surface area contributed by atoms with Crippen LogP contribution in [0.4, 0.5) is 0 Å². The van der Waals surface area contributed by atoms with Crippen LogP contribution in [-0.4, -0.2) is 5.92 Å². The molecule has 0 saturated heterocycles. The fraction of sp³-hybridized carbons (Fsp3) is 0.188. The molecular weight excluding hydrogens is 610 g/mol. The standard InChI is InChI=1S/C17H14Cl.C13H9.C2H7Si.2ClH.Zr/c1-2-12-10-14-4-3-5-16(17(14)11-12)13-6-8-15(18)9-7-13;1-3-7-12-10(5-1)9-11-6-2-4-8-13(11)12;1-3-2;;;/h3-11H,2H2,1H3;1-9H;3H,1-2H3;2*1H;/q;;;;;+2/p-2. The summed E-state index contributed by atoms with van der Waals surface area (Å²) in [6.07, 6.45) is 3.35. The molecule has 1 atom stereocenters. The molecule has 0 spiro atoms. The van der Waals surface area contributed by atoms with Crippen molar-refractivity contribution in [3.63, 3.8) is 0 Å². The van der Waals surface area contributed by atoms with E-state index in [0.717, 1.165) is 11.4 Å². The first-order valence-corrected chi connectivity index (χ1v) is 29.8. The van der Waals surface area contributed by atoms with Gasteiger partial charge in [0.05, 0.1) is 0 Å². The van der Waals surface area contributed by atoms with Crippen LogP contribution in [0.1, 0.15) is 42.8 Å². The van der Waals surface area contributed by atoms with Crippen molar-refractivity contribution in [1.29, 1.82) is 0 Å². The molecule has 0 bridgehead atoms. The summed E-state index contributed by atoms with van der Waals surface area (Å²) in [6, 6.07) is 32.5. The third-order valence-corrected chi connectivity index (χ3v) is 60.7. The summed E-state index contributed by atoms with van der Waals surface area (Å²) in [5.41, 5.74) is 11.7. The summed E-state index contributed by atoms with van der Waals surface area (Å²) >= 11 is 1.53. The Morgan fingerprint density at radius 2 is 1.22 bits per heavy atom. The quantitative estimate of drug-likeness (QED) is 0.191. The van der Waals surface area contributed by atoms with Crippen molar-refractivity contribution in [3.8, 4) is 22.3 Å². The molecule has 0 saturated carbocycles. The van der Waals surface area contributed by atoms with E-state index in [1.807, 2.05) is 12.1 Å². The Bertz CT molecular complexity index is 1510. The number of benzene rings is 4. The molecule has 0 heterocycles. The van der Waals surface area contributed by atoms with Crippen molar-refractivity contribution in [2.24, 2.45) is 0 Å². The van der Waals surface area contributed by atoms with Crippen LogP contribution in [-0.2, 0) is 15.6 Å². The zero-order chi connectivity index (χ0) is 26.0. The average molecular weight is 640 g/mol. The van der Waals surface area contributed by atoms with Gasteiger partial charge in [-0.2, -0.15) is 0 Å². The Labute approximate surface area is 234 Å². The summed E-state index contributed by atoms with van der Waals surface area (Å²) in [7, 11) is 16.8. The van der Waals surface area contributed by atoms with Gasteiger partial charge in [-0.15, -0.1) is 0 Å². The van der Waals surface area contributed by atoms with Crippen LogP contribution in [0.5, 0.6) is 0 Å².